The van der Waals surface area contributed by atoms with Crippen LogP contribution in [-0.2, 0) is 27.2 Å². The first-order valence-electron chi connectivity index (χ1n) is 10.2. The lowest BCUT2D eigenvalue weighted by Gasteiger charge is -2.23. The van der Waals surface area contributed by atoms with E-state index >= 15 is 0 Å². The molecule has 6 heteroatoms. The lowest BCUT2D eigenvalue weighted by atomic mass is 10.1. The van der Waals surface area contributed by atoms with Gasteiger partial charge in [-0.2, -0.15) is 0 Å². The van der Waals surface area contributed by atoms with Crippen molar-refractivity contribution in [3.63, 3.8) is 0 Å². The zero-order chi connectivity index (χ0) is 20.2. The summed E-state index contributed by atoms with van der Waals surface area (Å²) in [5.41, 5.74) is 3.71. The lowest BCUT2D eigenvalue weighted by molar-refractivity contribution is -0.921. The van der Waals surface area contributed by atoms with Gasteiger partial charge in [0.1, 0.15) is 19.6 Å². The summed E-state index contributed by atoms with van der Waals surface area (Å²) in [5, 5.41) is 0. The molecular weight excluding hydrogens is 368 g/mol. The van der Waals surface area contributed by atoms with Gasteiger partial charge in [0.2, 0.25) is 0 Å². The molecule has 0 spiro atoms. The third kappa shape index (κ3) is 4.49. The number of nitrogens with zero attached hydrogens (tertiary/aromatic N) is 1. The van der Waals surface area contributed by atoms with Crippen molar-refractivity contribution in [2.75, 3.05) is 37.8 Å². The van der Waals surface area contributed by atoms with E-state index in [2.05, 4.69) is 0 Å². The molecule has 0 bridgehead atoms. The Kier molecular flexibility index (Phi) is 5.92. The average molecular weight is 395 g/mol. The van der Waals surface area contributed by atoms with Crippen LogP contribution in [0.25, 0.3) is 0 Å². The smallest absolute Gasteiger partial charge is 0.338 e. The molecule has 1 fully saturated rings. The van der Waals surface area contributed by atoms with Crippen LogP contribution in [0.4, 0.5) is 5.69 Å². The predicted molar refractivity (Wildman–Crippen MR) is 109 cm³/mol. The first-order valence-corrected chi connectivity index (χ1v) is 10.2. The van der Waals surface area contributed by atoms with E-state index in [1.165, 1.54) is 10.5 Å². The van der Waals surface area contributed by atoms with Crippen LogP contribution in [-0.4, -0.2) is 50.8 Å². The fraction of sp³-hybridized carbons (Fsp3) is 0.391. The molecule has 1 saturated heterocycles. The Bertz CT molecular complexity index is 875. The van der Waals surface area contributed by atoms with Gasteiger partial charge in [-0.25, -0.2) is 4.79 Å². The van der Waals surface area contributed by atoms with E-state index in [0.29, 0.717) is 5.56 Å². The Morgan fingerprint density at radius 1 is 1.10 bits per heavy atom. The Hall–Kier alpha value is -2.70. The molecule has 2 aromatic carbocycles. The molecule has 0 saturated carbocycles. The first kappa shape index (κ1) is 19.6. The van der Waals surface area contributed by atoms with Crippen molar-refractivity contribution in [1.29, 1.82) is 0 Å². The maximum Gasteiger partial charge on any atom is 0.338 e. The van der Waals surface area contributed by atoms with Crippen LogP contribution in [0.2, 0.25) is 0 Å². The van der Waals surface area contributed by atoms with Crippen LogP contribution in [0.5, 0.6) is 0 Å². The number of esters is 1. The minimum Gasteiger partial charge on any atom is -0.452 e. The Labute approximate surface area is 171 Å². The van der Waals surface area contributed by atoms with Crippen LogP contribution in [0.3, 0.4) is 0 Å². The standard InChI is InChI=1S/C23H26N2O4/c1-17-14-20-4-2-3-5-21(20)25(17)22(26)16-29-23(27)19-8-6-18(7-9-19)15-24-10-12-28-13-11-24/h2-9,17H,10-16H2,1H3/p+1/t17-/m1/s1. The van der Waals surface area contributed by atoms with Gasteiger partial charge in [-0.15, -0.1) is 0 Å². The van der Waals surface area contributed by atoms with Crippen molar-refractivity contribution in [3.8, 4) is 0 Å². The van der Waals surface area contributed by atoms with E-state index in [-0.39, 0.29) is 18.6 Å². The maximum atomic E-state index is 12.7. The van der Waals surface area contributed by atoms with Gasteiger partial charge in [0.15, 0.2) is 6.61 Å². The monoisotopic (exact) mass is 395 g/mol. The number of fused-ring (bicyclic) bond motifs is 1. The zero-order valence-corrected chi connectivity index (χ0v) is 16.7. The second-order valence-corrected chi connectivity index (χ2v) is 7.76. The van der Waals surface area contributed by atoms with Gasteiger partial charge in [-0.05, 0) is 37.1 Å². The molecule has 1 atom stereocenters. The Morgan fingerprint density at radius 2 is 1.83 bits per heavy atom. The summed E-state index contributed by atoms with van der Waals surface area (Å²) in [6, 6.07) is 15.4. The fourth-order valence-corrected chi connectivity index (χ4v) is 4.11. The molecule has 1 amide bonds. The fourth-order valence-electron chi connectivity index (χ4n) is 4.11. The number of quaternary nitrogens is 1. The molecule has 0 aliphatic carbocycles. The first-order chi connectivity index (χ1) is 14.1. The van der Waals surface area contributed by atoms with Crippen molar-refractivity contribution in [1.82, 2.24) is 0 Å². The van der Waals surface area contributed by atoms with Crippen LogP contribution in [0.1, 0.15) is 28.4 Å². The number of para-hydroxylation sites is 1. The third-order valence-electron chi connectivity index (χ3n) is 5.65. The van der Waals surface area contributed by atoms with Crippen molar-refractivity contribution < 1.29 is 24.0 Å². The molecule has 2 heterocycles. The van der Waals surface area contributed by atoms with Gasteiger partial charge in [-0.1, -0.05) is 30.3 Å². The highest BCUT2D eigenvalue weighted by Crippen LogP contribution is 2.31. The SMILES string of the molecule is C[C@@H]1Cc2ccccc2N1C(=O)COC(=O)c1ccc(C[NH+]2CCOCC2)cc1. The third-order valence-corrected chi connectivity index (χ3v) is 5.65. The number of rotatable bonds is 5. The minimum atomic E-state index is -0.469. The minimum absolute atomic E-state index is 0.0700. The largest absolute Gasteiger partial charge is 0.452 e. The number of hydrogen-bond acceptors (Lipinski definition) is 4. The molecule has 0 unspecified atom stereocenters. The summed E-state index contributed by atoms with van der Waals surface area (Å²) in [4.78, 5) is 28.3. The molecule has 6 nitrogen and oxygen atoms in total. The van der Waals surface area contributed by atoms with Crippen molar-refractivity contribution in [3.05, 3.63) is 65.2 Å². The van der Waals surface area contributed by atoms with Gasteiger partial charge in [0, 0.05) is 17.3 Å². The summed E-state index contributed by atoms with van der Waals surface area (Å²) in [5.74, 6) is -0.660. The van der Waals surface area contributed by atoms with Gasteiger partial charge < -0.3 is 19.3 Å². The normalized spacial score (nSPS) is 19.1. The number of morpholine rings is 1. The molecule has 2 aromatic rings. The molecule has 0 aromatic heterocycles. The van der Waals surface area contributed by atoms with Gasteiger partial charge in [0.25, 0.3) is 5.91 Å². The molecule has 1 N–H and O–H groups in total. The van der Waals surface area contributed by atoms with E-state index in [9.17, 15) is 9.59 Å². The van der Waals surface area contributed by atoms with Crippen LogP contribution < -0.4 is 9.80 Å². The highest BCUT2D eigenvalue weighted by molar-refractivity contribution is 5.99. The summed E-state index contributed by atoms with van der Waals surface area (Å²) in [6.07, 6.45) is 0.822. The second-order valence-electron chi connectivity index (χ2n) is 7.76. The van der Waals surface area contributed by atoms with E-state index in [4.69, 9.17) is 9.47 Å². The van der Waals surface area contributed by atoms with Crippen LogP contribution >= 0.6 is 0 Å². The number of ether oxygens (including phenoxy) is 2. The number of carbonyl (C=O) groups excluding carboxylic acids is 2. The zero-order valence-electron chi connectivity index (χ0n) is 16.7. The molecule has 2 aliphatic heterocycles. The molecule has 4 rings (SSSR count). The molecule has 29 heavy (non-hydrogen) atoms. The molecule has 0 radical (unpaired) electrons. The second kappa shape index (κ2) is 8.76. The average Bonchev–Trinajstić information content (AvgIpc) is 3.09. The van der Waals surface area contributed by atoms with Crippen molar-refractivity contribution >= 4 is 17.6 Å². The molecule has 2 aliphatic rings. The number of carbonyl (C=O) groups is 2. The number of nitrogens with one attached hydrogen (secondary N) is 1. The van der Waals surface area contributed by atoms with Gasteiger partial charge >= 0.3 is 5.97 Å². The summed E-state index contributed by atoms with van der Waals surface area (Å²) in [6.45, 7) is 6.28. The Balaban J connectivity index is 1.32. The van der Waals surface area contributed by atoms with E-state index in [1.807, 2.05) is 43.3 Å². The number of anilines is 1. The van der Waals surface area contributed by atoms with Crippen LogP contribution in [0, 0.1) is 0 Å². The highest BCUT2D eigenvalue weighted by Gasteiger charge is 2.31. The molecule has 152 valence electrons. The number of benzene rings is 2. The van der Waals surface area contributed by atoms with Crippen molar-refractivity contribution in [2.45, 2.75) is 25.9 Å². The topological polar surface area (TPSA) is 60.3 Å². The van der Waals surface area contributed by atoms with E-state index < -0.39 is 5.97 Å². The summed E-state index contributed by atoms with van der Waals surface area (Å²) in [7, 11) is 0. The molecular formula is C23H27N2O4+. The highest BCUT2D eigenvalue weighted by atomic mass is 16.5. The Morgan fingerprint density at radius 3 is 2.59 bits per heavy atom. The van der Waals surface area contributed by atoms with Gasteiger partial charge in [-0.3, -0.25) is 4.79 Å². The number of hydrogen-bond donors (Lipinski definition) is 1. The van der Waals surface area contributed by atoms with Crippen LogP contribution in [0.15, 0.2) is 48.5 Å². The van der Waals surface area contributed by atoms with Gasteiger partial charge in [0.05, 0.1) is 18.8 Å². The van der Waals surface area contributed by atoms with E-state index in [1.54, 1.807) is 17.0 Å². The summed E-state index contributed by atoms with van der Waals surface area (Å²) >= 11 is 0. The van der Waals surface area contributed by atoms with Crippen molar-refractivity contribution in [2.24, 2.45) is 0 Å². The number of amides is 1. The predicted octanol–water partition coefficient (Wildman–Crippen LogP) is 1.24. The van der Waals surface area contributed by atoms with E-state index in [0.717, 1.165) is 50.5 Å². The lowest BCUT2D eigenvalue weighted by Crippen LogP contribution is -3.12. The quantitative estimate of drug-likeness (QED) is 0.774. The maximum absolute atomic E-state index is 12.7. The summed E-state index contributed by atoms with van der Waals surface area (Å²) < 4.78 is 10.7.